The minimum Gasteiger partial charge on any atom is -0.503 e. The van der Waals surface area contributed by atoms with Gasteiger partial charge in [0.2, 0.25) is 10.9 Å². The van der Waals surface area contributed by atoms with Crippen LogP contribution in [0, 0.1) is 12.7 Å². The van der Waals surface area contributed by atoms with E-state index in [1.165, 1.54) is 40.1 Å². The lowest BCUT2D eigenvalue weighted by atomic mass is 10.0. The van der Waals surface area contributed by atoms with Gasteiger partial charge in [-0.25, -0.2) is 4.39 Å². The second-order valence-corrected chi connectivity index (χ2v) is 10.5. The van der Waals surface area contributed by atoms with E-state index in [9.17, 15) is 19.1 Å². The number of thiophene rings is 1. The molecule has 3 aromatic heterocycles. The molecule has 34 heavy (non-hydrogen) atoms. The van der Waals surface area contributed by atoms with E-state index in [4.69, 9.17) is 4.42 Å². The number of anilines is 1. The number of carbonyl (C=O) groups is 2. The van der Waals surface area contributed by atoms with E-state index < -0.39 is 23.5 Å². The Labute approximate surface area is 205 Å². The molecule has 0 radical (unpaired) electrons. The van der Waals surface area contributed by atoms with Crippen molar-refractivity contribution in [2.75, 3.05) is 4.90 Å². The molecule has 0 fully saturated rings. The van der Waals surface area contributed by atoms with Gasteiger partial charge in [-0.05, 0) is 42.1 Å². The first-order valence-electron chi connectivity index (χ1n) is 10.0. The number of aromatic nitrogens is 2. The van der Waals surface area contributed by atoms with E-state index in [1.807, 2.05) is 5.38 Å². The molecule has 0 bridgehead atoms. The number of furan rings is 1. The van der Waals surface area contributed by atoms with Crippen LogP contribution in [0.25, 0.3) is 0 Å². The van der Waals surface area contributed by atoms with Gasteiger partial charge in [0.15, 0.2) is 15.9 Å². The number of carbonyl (C=O) groups excluding carboxylic acids is 2. The highest BCUT2D eigenvalue weighted by molar-refractivity contribution is 8.00. The molecule has 0 spiro atoms. The Hall–Kier alpha value is -3.28. The van der Waals surface area contributed by atoms with Crippen LogP contribution in [-0.4, -0.2) is 27.0 Å². The molecule has 0 saturated heterocycles. The number of hydrogen-bond acceptors (Lipinski definition) is 9. The summed E-state index contributed by atoms with van der Waals surface area (Å²) in [6.45, 7) is 1.70. The van der Waals surface area contributed by atoms with Gasteiger partial charge < -0.3 is 9.52 Å². The Kier molecular flexibility index (Phi) is 6.07. The van der Waals surface area contributed by atoms with Crippen molar-refractivity contribution >= 4 is 51.3 Å². The molecule has 0 saturated carbocycles. The number of Topliss-reactive ketones (excluding diaryl/α,β-unsaturated/α-hetero) is 1. The van der Waals surface area contributed by atoms with Crippen molar-refractivity contribution in [3.63, 3.8) is 0 Å². The van der Waals surface area contributed by atoms with Crippen molar-refractivity contribution in [3.8, 4) is 0 Å². The van der Waals surface area contributed by atoms with E-state index in [1.54, 1.807) is 43.3 Å². The summed E-state index contributed by atoms with van der Waals surface area (Å²) in [6, 6.07) is 12.3. The van der Waals surface area contributed by atoms with E-state index >= 15 is 0 Å². The van der Waals surface area contributed by atoms with Crippen molar-refractivity contribution in [3.05, 3.63) is 93.0 Å². The van der Waals surface area contributed by atoms with E-state index in [2.05, 4.69) is 10.2 Å². The molecule has 1 aliphatic heterocycles. The highest BCUT2D eigenvalue weighted by Gasteiger charge is 2.47. The number of benzene rings is 1. The molecule has 7 nitrogen and oxygen atoms in total. The Morgan fingerprint density at radius 1 is 1.21 bits per heavy atom. The van der Waals surface area contributed by atoms with Gasteiger partial charge in [0.25, 0.3) is 5.91 Å². The molecule has 1 amide bonds. The fourth-order valence-corrected chi connectivity index (χ4v) is 6.23. The normalized spacial score (nSPS) is 16.0. The number of aliphatic hydroxyl groups excluding tert-OH is 1. The zero-order chi connectivity index (χ0) is 23.8. The summed E-state index contributed by atoms with van der Waals surface area (Å²) in [7, 11) is 0. The third-order valence-corrected chi connectivity index (χ3v) is 8.17. The molecule has 1 atom stereocenters. The average molecular weight is 514 g/mol. The van der Waals surface area contributed by atoms with Gasteiger partial charge in [-0.15, -0.1) is 21.5 Å². The smallest absolute Gasteiger partial charge is 0.296 e. The number of thioether (sulfide) groups is 1. The second-order valence-electron chi connectivity index (χ2n) is 7.33. The maximum Gasteiger partial charge on any atom is 0.296 e. The number of nitrogens with zero attached hydrogens (tertiary/aromatic N) is 3. The molecule has 4 heterocycles. The lowest BCUT2D eigenvalue weighted by Crippen LogP contribution is -2.30. The Morgan fingerprint density at radius 3 is 2.74 bits per heavy atom. The number of halogens is 1. The summed E-state index contributed by atoms with van der Waals surface area (Å²) < 4.78 is 19.9. The van der Waals surface area contributed by atoms with Crippen molar-refractivity contribution in [1.82, 2.24) is 10.2 Å². The first-order chi connectivity index (χ1) is 16.4. The number of ketones is 1. The van der Waals surface area contributed by atoms with Crippen LogP contribution in [0.1, 0.15) is 32.8 Å². The van der Waals surface area contributed by atoms with Gasteiger partial charge in [0, 0.05) is 10.6 Å². The van der Waals surface area contributed by atoms with Crippen molar-refractivity contribution in [2.45, 2.75) is 23.1 Å². The number of aliphatic hydroxyl groups is 1. The summed E-state index contributed by atoms with van der Waals surface area (Å²) in [5, 5.41) is 21.0. The summed E-state index contributed by atoms with van der Waals surface area (Å²) in [5.41, 5.74) is 0.455. The Morgan fingerprint density at radius 2 is 2.03 bits per heavy atom. The van der Waals surface area contributed by atoms with Gasteiger partial charge in [-0.1, -0.05) is 47.4 Å². The molecule has 1 N–H and O–H groups in total. The van der Waals surface area contributed by atoms with Gasteiger partial charge in [-0.3, -0.25) is 14.5 Å². The highest BCUT2D eigenvalue weighted by atomic mass is 32.2. The van der Waals surface area contributed by atoms with E-state index in [0.29, 0.717) is 26.3 Å². The Bertz CT molecular complexity index is 1410. The zero-order valence-corrected chi connectivity index (χ0v) is 20.0. The van der Waals surface area contributed by atoms with Crippen LogP contribution < -0.4 is 4.90 Å². The lowest BCUT2D eigenvalue weighted by molar-refractivity contribution is -0.117. The zero-order valence-electron chi connectivity index (χ0n) is 17.6. The third kappa shape index (κ3) is 4.06. The van der Waals surface area contributed by atoms with E-state index in [-0.39, 0.29) is 22.3 Å². The fourth-order valence-electron chi connectivity index (χ4n) is 3.55. The lowest BCUT2D eigenvalue weighted by Gasteiger charge is -2.22. The fraction of sp³-hybridized carbons (Fsp3) is 0.130. The van der Waals surface area contributed by atoms with Gasteiger partial charge in [0.05, 0.1) is 5.57 Å². The molecular formula is C23H16FN3O4S3. The van der Waals surface area contributed by atoms with E-state index in [0.717, 1.165) is 11.3 Å². The molecule has 4 aromatic rings. The summed E-state index contributed by atoms with van der Waals surface area (Å²) in [4.78, 5) is 28.3. The summed E-state index contributed by atoms with van der Waals surface area (Å²) in [6.07, 6.45) is 0. The molecule has 1 aromatic carbocycles. The maximum absolute atomic E-state index is 13.9. The van der Waals surface area contributed by atoms with Crippen molar-refractivity contribution in [2.24, 2.45) is 0 Å². The van der Waals surface area contributed by atoms with Crippen LogP contribution in [0.4, 0.5) is 9.52 Å². The number of hydrogen-bond donors (Lipinski definition) is 1. The standard InChI is InChI=1S/C23H16FN3O4S3/c1-12-8-9-15(31-12)19(28)17-18(16-7-4-10-32-16)27(21(30)20(17)29)22-25-26-23(34-22)33-11-13-5-2-3-6-14(13)24/h2-10,18,29H,11H2,1H3. The molecule has 1 unspecified atom stereocenters. The van der Waals surface area contributed by atoms with Crippen molar-refractivity contribution < 1.29 is 23.5 Å². The first-order valence-corrected chi connectivity index (χ1v) is 12.7. The summed E-state index contributed by atoms with van der Waals surface area (Å²) in [5.74, 6) is -1.35. The predicted octanol–water partition coefficient (Wildman–Crippen LogP) is 5.72. The topological polar surface area (TPSA) is 96.5 Å². The van der Waals surface area contributed by atoms with Gasteiger partial charge >= 0.3 is 0 Å². The molecule has 172 valence electrons. The highest BCUT2D eigenvalue weighted by Crippen LogP contribution is 2.45. The minimum atomic E-state index is -0.872. The first kappa shape index (κ1) is 22.5. The molecule has 11 heteroatoms. The van der Waals surface area contributed by atoms with Crippen molar-refractivity contribution in [1.29, 1.82) is 0 Å². The number of amides is 1. The maximum atomic E-state index is 13.9. The van der Waals surface area contributed by atoms with Crippen LogP contribution in [0.15, 0.2) is 74.0 Å². The van der Waals surface area contributed by atoms with Gasteiger partial charge in [0.1, 0.15) is 17.6 Å². The third-order valence-electron chi connectivity index (χ3n) is 5.14. The molecule has 0 aliphatic carbocycles. The van der Waals surface area contributed by atoms with Crippen LogP contribution in [0.3, 0.4) is 0 Å². The quantitative estimate of drug-likeness (QED) is 0.192. The SMILES string of the molecule is Cc1ccc(C(=O)C2=C(O)C(=O)N(c3nnc(SCc4ccccc4F)s3)C2c2cccs2)o1. The summed E-state index contributed by atoms with van der Waals surface area (Å²) >= 11 is 3.77. The van der Waals surface area contributed by atoms with Crippen LogP contribution in [0.2, 0.25) is 0 Å². The average Bonchev–Trinajstić information content (AvgIpc) is 3.62. The number of rotatable bonds is 7. The largest absolute Gasteiger partial charge is 0.503 e. The molecule has 5 rings (SSSR count). The van der Waals surface area contributed by atoms with Gasteiger partial charge in [-0.2, -0.15) is 0 Å². The van der Waals surface area contributed by atoms with Crippen LogP contribution in [-0.2, 0) is 10.5 Å². The number of aryl methyl sites for hydroxylation is 1. The van der Waals surface area contributed by atoms with Crippen LogP contribution in [0.5, 0.6) is 0 Å². The Balaban J connectivity index is 1.46. The molecular weight excluding hydrogens is 497 g/mol. The van der Waals surface area contributed by atoms with Crippen LogP contribution >= 0.6 is 34.4 Å². The molecule has 1 aliphatic rings. The second kappa shape index (κ2) is 9.16. The predicted molar refractivity (Wildman–Crippen MR) is 128 cm³/mol. The minimum absolute atomic E-state index is 0.0358. The monoisotopic (exact) mass is 513 g/mol.